The molecule has 4 rings (SSSR count). The first kappa shape index (κ1) is 13.6. The van der Waals surface area contributed by atoms with Crippen LogP contribution in [0.15, 0.2) is 24.5 Å². The van der Waals surface area contributed by atoms with E-state index in [9.17, 15) is 5.11 Å². The highest BCUT2D eigenvalue weighted by Gasteiger charge is 2.43. The molecule has 1 fully saturated rings. The highest BCUT2D eigenvalue weighted by molar-refractivity contribution is 5.76. The maximum atomic E-state index is 10.1. The zero-order valence-corrected chi connectivity index (χ0v) is 13.1. The molecule has 1 aliphatic carbocycles. The number of aromatic hydroxyl groups is 1. The van der Waals surface area contributed by atoms with E-state index in [1.54, 1.807) is 0 Å². The summed E-state index contributed by atoms with van der Waals surface area (Å²) in [6.45, 7) is 3.03. The van der Waals surface area contributed by atoms with Crippen molar-refractivity contribution in [2.45, 2.75) is 38.0 Å². The van der Waals surface area contributed by atoms with E-state index >= 15 is 0 Å². The van der Waals surface area contributed by atoms with Gasteiger partial charge in [-0.2, -0.15) is 0 Å². The van der Waals surface area contributed by atoms with E-state index in [1.165, 1.54) is 43.3 Å². The molecule has 1 aromatic heterocycles. The summed E-state index contributed by atoms with van der Waals surface area (Å²) in [5.74, 6) is 0.0688. The molecule has 0 bridgehead atoms. The minimum absolute atomic E-state index is 0.0688. The predicted octanol–water partition coefficient (Wildman–Crippen LogP) is 3.42. The smallest absolute Gasteiger partial charge is 0.222 e. The molecule has 4 heteroatoms. The third kappa shape index (κ3) is 1.83. The first-order chi connectivity index (χ1) is 10.6. The number of aromatic nitrogens is 2. The van der Waals surface area contributed by atoms with Crippen LogP contribution in [0.5, 0.6) is 5.88 Å². The van der Waals surface area contributed by atoms with E-state index in [0.29, 0.717) is 5.41 Å². The third-order valence-electron chi connectivity index (χ3n) is 5.39. The lowest BCUT2D eigenvalue weighted by Crippen LogP contribution is -2.28. The van der Waals surface area contributed by atoms with Crippen LogP contribution in [-0.4, -0.2) is 28.7 Å². The normalized spacial score (nSPS) is 18.9. The number of hydrogen-bond donors (Lipinski definition) is 1. The van der Waals surface area contributed by atoms with E-state index in [4.69, 9.17) is 0 Å². The zero-order valence-electron chi connectivity index (χ0n) is 13.1. The number of likely N-dealkylation sites (N-methyl/N-ethyl adjacent to an activating group) is 1. The molecule has 2 aromatic rings. The molecule has 0 amide bonds. The van der Waals surface area contributed by atoms with Gasteiger partial charge in [-0.15, -0.1) is 0 Å². The van der Waals surface area contributed by atoms with Crippen molar-refractivity contribution < 1.29 is 5.11 Å². The van der Waals surface area contributed by atoms with Crippen LogP contribution in [0.25, 0.3) is 11.1 Å². The van der Waals surface area contributed by atoms with Crippen molar-refractivity contribution in [3.05, 3.63) is 35.8 Å². The first-order valence-electron chi connectivity index (χ1n) is 7.97. The lowest BCUT2D eigenvalue weighted by Gasteiger charge is -2.24. The second kappa shape index (κ2) is 4.70. The zero-order chi connectivity index (χ0) is 15.3. The molecule has 114 valence electrons. The maximum absolute atomic E-state index is 10.1. The van der Waals surface area contributed by atoms with Gasteiger partial charge in [-0.1, -0.05) is 18.9 Å². The van der Waals surface area contributed by atoms with Gasteiger partial charge in [0, 0.05) is 24.7 Å². The number of nitrogens with zero attached hydrogens (tertiary/aromatic N) is 3. The largest absolute Gasteiger partial charge is 0.493 e. The fourth-order valence-electron chi connectivity index (χ4n) is 4.35. The Balaban J connectivity index is 1.89. The van der Waals surface area contributed by atoms with Gasteiger partial charge in [0.25, 0.3) is 0 Å². The van der Waals surface area contributed by atoms with Crippen LogP contribution in [0.2, 0.25) is 0 Å². The number of fused-ring (bicyclic) bond motifs is 2. The summed E-state index contributed by atoms with van der Waals surface area (Å²) in [6, 6.07) is 6.52. The lowest BCUT2D eigenvalue weighted by atomic mass is 9.80. The summed E-state index contributed by atoms with van der Waals surface area (Å²) in [4.78, 5) is 10.6. The molecule has 1 spiro atoms. The summed E-state index contributed by atoms with van der Waals surface area (Å²) in [7, 11) is 2.18. The maximum Gasteiger partial charge on any atom is 0.222 e. The van der Waals surface area contributed by atoms with Crippen molar-refractivity contribution in [1.82, 2.24) is 9.97 Å². The van der Waals surface area contributed by atoms with E-state index in [2.05, 4.69) is 40.1 Å². The van der Waals surface area contributed by atoms with E-state index in [1.807, 2.05) is 6.92 Å². The number of hydrogen-bond acceptors (Lipinski definition) is 4. The van der Waals surface area contributed by atoms with Crippen LogP contribution >= 0.6 is 0 Å². The van der Waals surface area contributed by atoms with Crippen LogP contribution in [0, 0.1) is 6.92 Å². The molecule has 1 aromatic carbocycles. The summed E-state index contributed by atoms with van der Waals surface area (Å²) >= 11 is 0. The van der Waals surface area contributed by atoms with Gasteiger partial charge in [0.05, 0.1) is 11.3 Å². The molecule has 1 aliphatic heterocycles. The molecular weight excluding hydrogens is 274 g/mol. The van der Waals surface area contributed by atoms with E-state index in [-0.39, 0.29) is 5.88 Å². The van der Waals surface area contributed by atoms with Crippen LogP contribution in [-0.2, 0) is 5.41 Å². The van der Waals surface area contributed by atoms with Crippen LogP contribution in [0.3, 0.4) is 0 Å². The Morgan fingerprint density at radius 1 is 1.18 bits per heavy atom. The monoisotopic (exact) mass is 295 g/mol. The van der Waals surface area contributed by atoms with Gasteiger partial charge in [0.2, 0.25) is 5.88 Å². The van der Waals surface area contributed by atoms with Gasteiger partial charge in [-0.05, 0) is 43.0 Å². The average molecular weight is 295 g/mol. The summed E-state index contributed by atoms with van der Waals surface area (Å²) in [5.41, 5.74) is 5.68. The molecule has 0 radical (unpaired) electrons. The minimum Gasteiger partial charge on any atom is -0.493 e. The molecular formula is C18H21N3O. The second-order valence-corrected chi connectivity index (χ2v) is 6.73. The highest BCUT2D eigenvalue weighted by atomic mass is 16.3. The summed E-state index contributed by atoms with van der Waals surface area (Å²) < 4.78 is 0. The lowest BCUT2D eigenvalue weighted by molar-refractivity contribution is 0.453. The van der Waals surface area contributed by atoms with Gasteiger partial charge in [-0.3, -0.25) is 0 Å². The van der Waals surface area contributed by atoms with Crippen LogP contribution < -0.4 is 4.90 Å². The molecule has 2 aliphatic rings. The van der Waals surface area contributed by atoms with Crippen molar-refractivity contribution in [3.8, 4) is 17.0 Å². The van der Waals surface area contributed by atoms with E-state index < -0.39 is 0 Å². The highest BCUT2D eigenvalue weighted by Crippen LogP contribution is 2.51. The Morgan fingerprint density at radius 2 is 1.95 bits per heavy atom. The topological polar surface area (TPSA) is 49.3 Å². The quantitative estimate of drug-likeness (QED) is 0.876. The van der Waals surface area contributed by atoms with Crippen molar-refractivity contribution in [2.24, 2.45) is 0 Å². The molecule has 22 heavy (non-hydrogen) atoms. The fourth-order valence-corrected chi connectivity index (χ4v) is 4.35. The molecule has 1 saturated carbocycles. The summed E-state index contributed by atoms with van der Waals surface area (Å²) in [5, 5.41) is 10.1. The Labute approximate surface area is 130 Å². The Hall–Kier alpha value is -2.10. The van der Waals surface area contributed by atoms with Crippen LogP contribution in [0.1, 0.15) is 36.9 Å². The third-order valence-corrected chi connectivity index (χ3v) is 5.39. The minimum atomic E-state index is 0.0688. The molecule has 1 N–H and O–H groups in total. The molecule has 4 nitrogen and oxygen atoms in total. The Bertz CT molecular complexity index is 715. The summed E-state index contributed by atoms with van der Waals surface area (Å²) in [6.07, 6.45) is 6.58. The number of aryl methyl sites for hydroxylation is 1. The molecule has 0 unspecified atom stereocenters. The average Bonchev–Trinajstić information content (AvgIpc) is 3.06. The standard InChI is InChI=1S/C18H21N3O/c1-12-16(17(22)20-11-19-12)13-5-6-15-14(9-13)18(10-21(15)2)7-3-4-8-18/h5-6,9,11H,3-4,7-8,10H2,1-2H3,(H,19,20,22). The Morgan fingerprint density at radius 3 is 2.68 bits per heavy atom. The predicted molar refractivity (Wildman–Crippen MR) is 87.3 cm³/mol. The van der Waals surface area contributed by atoms with Gasteiger partial charge in [0.15, 0.2) is 0 Å². The van der Waals surface area contributed by atoms with Crippen LogP contribution in [0.4, 0.5) is 5.69 Å². The number of rotatable bonds is 1. The van der Waals surface area contributed by atoms with E-state index in [0.717, 1.165) is 23.4 Å². The SMILES string of the molecule is Cc1ncnc(O)c1-c1ccc2c(c1)C1(CCCC1)CN2C. The van der Waals surface area contributed by atoms with Gasteiger partial charge in [0.1, 0.15) is 6.33 Å². The number of benzene rings is 1. The van der Waals surface area contributed by atoms with Gasteiger partial charge in [-0.25, -0.2) is 9.97 Å². The van der Waals surface area contributed by atoms with Crippen molar-refractivity contribution >= 4 is 5.69 Å². The van der Waals surface area contributed by atoms with Crippen molar-refractivity contribution in [1.29, 1.82) is 0 Å². The molecule has 0 saturated heterocycles. The van der Waals surface area contributed by atoms with Gasteiger partial charge < -0.3 is 10.0 Å². The second-order valence-electron chi connectivity index (χ2n) is 6.73. The fraction of sp³-hybridized carbons (Fsp3) is 0.444. The first-order valence-corrected chi connectivity index (χ1v) is 7.97. The number of anilines is 1. The molecule has 2 heterocycles. The Kier molecular flexibility index (Phi) is 2.90. The van der Waals surface area contributed by atoms with Gasteiger partial charge >= 0.3 is 0 Å². The van der Waals surface area contributed by atoms with Crippen molar-refractivity contribution in [2.75, 3.05) is 18.5 Å². The van der Waals surface area contributed by atoms with Crippen molar-refractivity contribution in [3.63, 3.8) is 0 Å². The molecule has 0 atom stereocenters.